The van der Waals surface area contributed by atoms with E-state index in [0.29, 0.717) is 18.1 Å². The number of hydrogen-bond donors (Lipinski definition) is 2. The van der Waals surface area contributed by atoms with E-state index in [9.17, 15) is 4.79 Å². The van der Waals surface area contributed by atoms with E-state index in [1.54, 1.807) is 0 Å². The van der Waals surface area contributed by atoms with Gasteiger partial charge in [0.15, 0.2) is 5.13 Å². The van der Waals surface area contributed by atoms with E-state index in [2.05, 4.69) is 22.1 Å². The quantitative estimate of drug-likeness (QED) is 0.843. The Bertz CT molecular complexity index is 435. The molecule has 0 radical (unpaired) electrons. The van der Waals surface area contributed by atoms with Gasteiger partial charge in [0.25, 0.3) is 0 Å². The van der Waals surface area contributed by atoms with Crippen molar-refractivity contribution in [3.8, 4) is 0 Å². The SMILES string of the molecule is CC1CCCN(Cc2csc(NC(=O)CCCN)n2)C1. The molecule has 1 amide bonds. The van der Waals surface area contributed by atoms with Crippen LogP contribution >= 0.6 is 11.3 Å². The van der Waals surface area contributed by atoms with Crippen LogP contribution in [0.3, 0.4) is 0 Å². The van der Waals surface area contributed by atoms with Crippen molar-refractivity contribution in [2.45, 2.75) is 39.2 Å². The predicted octanol–water partition coefficient (Wildman–Crippen LogP) is 2.05. The first-order valence-corrected chi connectivity index (χ1v) is 8.22. The molecule has 0 spiro atoms. The Labute approximate surface area is 124 Å². The van der Waals surface area contributed by atoms with Crippen molar-refractivity contribution < 1.29 is 4.79 Å². The van der Waals surface area contributed by atoms with E-state index in [1.807, 2.05) is 5.38 Å². The summed E-state index contributed by atoms with van der Waals surface area (Å²) < 4.78 is 0. The first-order valence-electron chi connectivity index (χ1n) is 7.34. The van der Waals surface area contributed by atoms with Crippen molar-refractivity contribution in [3.63, 3.8) is 0 Å². The van der Waals surface area contributed by atoms with Crippen LogP contribution in [-0.2, 0) is 11.3 Å². The first-order chi connectivity index (χ1) is 9.67. The lowest BCUT2D eigenvalue weighted by Gasteiger charge is -2.30. The van der Waals surface area contributed by atoms with Crippen LogP contribution in [0.15, 0.2) is 5.38 Å². The second kappa shape index (κ2) is 7.71. The Morgan fingerprint density at radius 3 is 3.25 bits per heavy atom. The van der Waals surface area contributed by atoms with Gasteiger partial charge < -0.3 is 11.1 Å². The summed E-state index contributed by atoms with van der Waals surface area (Å²) >= 11 is 1.50. The van der Waals surface area contributed by atoms with Crippen molar-refractivity contribution >= 4 is 22.4 Å². The average Bonchev–Trinajstić information content (AvgIpc) is 2.83. The number of carbonyl (C=O) groups is 1. The number of anilines is 1. The van der Waals surface area contributed by atoms with Crippen molar-refractivity contribution in [3.05, 3.63) is 11.1 Å². The Kier molecular flexibility index (Phi) is 5.94. The van der Waals surface area contributed by atoms with E-state index >= 15 is 0 Å². The van der Waals surface area contributed by atoms with Gasteiger partial charge in [-0.15, -0.1) is 11.3 Å². The topological polar surface area (TPSA) is 71.2 Å². The Balaban J connectivity index is 1.81. The Morgan fingerprint density at radius 2 is 2.50 bits per heavy atom. The lowest BCUT2D eigenvalue weighted by Crippen LogP contribution is -2.33. The van der Waals surface area contributed by atoms with Gasteiger partial charge in [0.1, 0.15) is 0 Å². The number of nitrogens with two attached hydrogens (primary N) is 1. The maximum Gasteiger partial charge on any atom is 0.226 e. The van der Waals surface area contributed by atoms with Gasteiger partial charge in [0.05, 0.1) is 5.69 Å². The molecule has 0 aliphatic carbocycles. The number of nitrogens with zero attached hydrogens (tertiary/aromatic N) is 2. The van der Waals surface area contributed by atoms with Gasteiger partial charge in [-0.25, -0.2) is 4.98 Å². The summed E-state index contributed by atoms with van der Waals surface area (Å²) in [7, 11) is 0. The molecule has 1 atom stereocenters. The average molecular weight is 296 g/mol. The molecule has 1 aromatic heterocycles. The van der Waals surface area contributed by atoms with Gasteiger partial charge in [-0.05, 0) is 38.3 Å². The van der Waals surface area contributed by atoms with Crippen LogP contribution in [0.2, 0.25) is 0 Å². The van der Waals surface area contributed by atoms with Crippen LogP contribution in [-0.4, -0.2) is 35.4 Å². The van der Waals surface area contributed by atoms with Gasteiger partial charge in [0.2, 0.25) is 5.91 Å². The second-order valence-corrected chi connectivity index (χ2v) is 6.43. The lowest BCUT2D eigenvalue weighted by atomic mass is 10.0. The third-order valence-electron chi connectivity index (χ3n) is 3.53. The number of hydrogen-bond acceptors (Lipinski definition) is 5. The zero-order valence-electron chi connectivity index (χ0n) is 12.1. The summed E-state index contributed by atoms with van der Waals surface area (Å²) in [4.78, 5) is 18.5. The van der Waals surface area contributed by atoms with Crippen LogP contribution in [0.5, 0.6) is 0 Å². The molecule has 112 valence electrons. The fourth-order valence-corrected chi connectivity index (χ4v) is 3.26. The summed E-state index contributed by atoms with van der Waals surface area (Å²) in [6.45, 7) is 6.04. The highest BCUT2D eigenvalue weighted by molar-refractivity contribution is 7.13. The van der Waals surface area contributed by atoms with E-state index in [-0.39, 0.29) is 5.91 Å². The number of likely N-dealkylation sites (tertiary alicyclic amines) is 1. The van der Waals surface area contributed by atoms with Crippen molar-refractivity contribution in [2.24, 2.45) is 11.7 Å². The third-order valence-corrected chi connectivity index (χ3v) is 4.34. The minimum Gasteiger partial charge on any atom is -0.330 e. The smallest absolute Gasteiger partial charge is 0.226 e. The lowest BCUT2D eigenvalue weighted by molar-refractivity contribution is -0.116. The number of amides is 1. The molecule has 1 saturated heterocycles. The number of rotatable bonds is 6. The van der Waals surface area contributed by atoms with Crippen LogP contribution in [0, 0.1) is 5.92 Å². The summed E-state index contributed by atoms with van der Waals surface area (Å²) in [5.41, 5.74) is 6.44. The predicted molar refractivity (Wildman–Crippen MR) is 82.7 cm³/mol. The van der Waals surface area contributed by atoms with Crippen LogP contribution in [0.25, 0.3) is 0 Å². The largest absolute Gasteiger partial charge is 0.330 e. The zero-order chi connectivity index (χ0) is 14.4. The number of aromatic nitrogens is 1. The Hall–Kier alpha value is -0.980. The van der Waals surface area contributed by atoms with E-state index in [4.69, 9.17) is 5.73 Å². The fourth-order valence-electron chi connectivity index (χ4n) is 2.54. The molecule has 1 unspecified atom stereocenters. The molecule has 3 N–H and O–H groups in total. The van der Waals surface area contributed by atoms with Gasteiger partial charge in [0, 0.05) is 24.9 Å². The van der Waals surface area contributed by atoms with Crippen LogP contribution < -0.4 is 11.1 Å². The van der Waals surface area contributed by atoms with Crippen molar-refractivity contribution in [1.29, 1.82) is 0 Å². The molecule has 1 aromatic rings. The highest BCUT2D eigenvalue weighted by atomic mass is 32.1. The zero-order valence-corrected chi connectivity index (χ0v) is 12.9. The molecule has 0 bridgehead atoms. The minimum atomic E-state index is 0.00273. The maximum atomic E-state index is 11.6. The molecule has 20 heavy (non-hydrogen) atoms. The summed E-state index contributed by atoms with van der Waals surface area (Å²) in [5, 5.41) is 5.58. The number of carbonyl (C=O) groups excluding carboxylic acids is 1. The summed E-state index contributed by atoms with van der Waals surface area (Å²) in [6.07, 6.45) is 3.79. The molecule has 1 fully saturated rings. The molecule has 0 saturated carbocycles. The first kappa shape index (κ1) is 15.4. The van der Waals surface area contributed by atoms with Crippen LogP contribution in [0.4, 0.5) is 5.13 Å². The monoisotopic (exact) mass is 296 g/mol. The van der Waals surface area contributed by atoms with Crippen molar-refractivity contribution in [2.75, 3.05) is 25.0 Å². The highest BCUT2D eigenvalue weighted by Gasteiger charge is 2.17. The molecule has 6 heteroatoms. The van der Waals surface area contributed by atoms with Crippen molar-refractivity contribution in [1.82, 2.24) is 9.88 Å². The van der Waals surface area contributed by atoms with Gasteiger partial charge in [-0.1, -0.05) is 6.92 Å². The number of nitrogens with one attached hydrogen (secondary N) is 1. The third kappa shape index (κ3) is 4.85. The minimum absolute atomic E-state index is 0.00273. The van der Waals surface area contributed by atoms with Crippen LogP contribution in [0.1, 0.15) is 38.3 Å². The molecule has 1 aliphatic rings. The molecule has 5 nitrogen and oxygen atoms in total. The molecular formula is C14H24N4OS. The molecular weight excluding hydrogens is 272 g/mol. The number of thiazole rings is 1. The molecule has 0 aromatic carbocycles. The van der Waals surface area contributed by atoms with Gasteiger partial charge in [-0.3, -0.25) is 9.69 Å². The van der Waals surface area contributed by atoms with E-state index in [1.165, 1.54) is 24.2 Å². The molecule has 2 heterocycles. The number of piperidine rings is 1. The Morgan fingerprint density at radius 1 is 1.65 bits per heavy atom. The van der Waals surface area contributed by atoms with E-state index in [0.717, 1.165) is 37.7 Å². The summed E-state index contributed by atoms with van der Waals surface area (Å²) in [5.74, 6) is 0.778. The maximum absolute atomic E-state index is 11.6. The normalized spacial score (nSPS) is 20.0. The van der Waals surface area contributed by atoms with Gasteiger partial charge in [-0.2, -0.15) is 0 Å². The second-order valence-electron chi connectivity index (χ2n) is 5.57. The fraction of sp³-hybridized carbons (Fsp3) is 0.714. The standard InChI is InChI=1S/C14H24N4OS/c1-11-4-3-7-18(8-11)9-12-10-20-14(16-12)17-13(19)5-2-6-15/h10-11H,2-9,15H2,1H3,(H,16,17,19). The molecule has 1 aliphatic heterocycles. The van der Waals surface area contributed by atoms with E-state index < -0.39 is 0 Å². The highest BCUT2D eigenvalue weighted by Crippen LogP contribution is 2.21. The van der Waals surface area contributed by atoms with Gasteiger partial charge >= 0.3 is 0 Å². The summed E-state index contributed by atoms with van der Waals surface area (Å²) in [6, 6.07) is 0. The molecule has 2 rings (SSSR count).